The molecule has 2 aliphatic rings. The Morgan fingerprint density at radius 3 is 2.67 bits per heavy atom. The molecule has 2 fully saturated rings. The molecule has 1 aromatic carbocycles. The van der Waals surface area contributed by atoms with Crippen LogP contribution >= 0.6 is 0 Å². The number of carbonyl (C=O) groups is 1. The molecule has 96 valence electrons. The maximum atomic E-state index is 11.8. The van der Waals surface area contributed by atoms with Gasteiger partial charge in [0.25, 0.3) is 0 Å². The second-order valence-corrected chi connectivity index (χ2v) is 5.53. The van der Waals surface area contributed by atoms with E-state index in [4.69, 9.17) is 0 Å². The maximum Gasteiger partial charge on any atom is 0.237 e. The topological polar surface area (TPSA) is 41.1 Å². The predicted octanol–water partition coefficient (Wildman–Crippen LogP) is 1.80. The van der Waals surface area contributed by atoms with Crippen molar-refractivity contribution >= 4 is 5.91 Å². The van der Waals surface area contributed by atoms with Crippen molar-refractivity contribution in [1.29, 1.82) is 0 Å². The van der Waals surface area contributed by atoms with Gasteiger partial charge in [0, 0.05) is 18.0 Å². The summed E-state index contributed by atoms with van der Waals surface area (Å²) in [4.78, 5) is 11.8. The van der Waals surface area contributed by atoms with Gasteiger partial charge in [0.15, 0.2) is 0 Å². The van der Waals surface area contributed by atoms with E-state index in [1.807, 2.05) is 13.0 Å². The summed E-state index contributed by atoms with van der Waals surface area (Å²) in [6.45, 7) is 1.96. The summed E-state index contributed by atoms with van der Waals surface area (Å²) in [6.07, 6.45) is 3.44. The minimum absolute atomic E-state index is 0.0793. The van der Waals surface area contributed by atoms with Crippen molar-refractivity contribution in [3.05, 3.63) is 35.9 Å². The number of rotatable bonds is 5. The smallest absolute Gasteiger partial charge is 0.237 e. The van der Waals surface area contributed by atoms with E-state index in [9.17, 15) is 4.79 Å². The summed E-state index contributed by atoms with van der Waals surface area (Å²) in [5, 5.41) is 6.46. The summed E-state index contributed by atoms with van der Waals surface area (Å²) in [6, 6.07) is 11.4. The standard InChI is InChI=1S/C15H20N2O/c1-10(15(18)17-12-7-8-12)16-14-9-13(14)11-5-3-2-4-6-11/h2-6,10,12-14,16H,7-9H2,1H3,(H,17,18). The number of carbonyl (C=O) groups excluding carboxylic acids is 1. The second-order valence-electron chi connectivity index (χ2n) is 5.53. The third-order valence-corrected chi connectivity index (χ3v) is 3.80. The molecule has 0 radical (unpaired) electrons. The van der Waals surface area contributed by atoms with Crippen molar-refractivity contribution in [2.75, 3.05) is 0 Å². The van der Waals surface area contributed by atoms with Gasteiger partial charge < -0.3 is 10.6 Å². The fraction of sp³-hybridized carbons (Fsp3) is 0.533. The van der Waals surface area contributed by atoms with Crippen LogP contribution in [-0.4, -0.2) is 24.0 Å². The van der Waals surface area contributed by atoms with Gasteiger partial charge in [-0.2, -0.15) is 0 Å². The lowest BCUT2D eigenvalue weighted by Gasteiger charge is -2.13. The van der Waals surface area contributed by atoms with Crippen LogP contribution in [0.2, 0.25) is 0 Å². The van der Waals surface area contributed by atoms with Crippen LogP contribution in [0, 0.1) is 0 Å². The van der Waals surface area contributed by atoms with Crippen LogP contribution in [-0.2, 0) is 4.79 Å². The van der Waals surface area contributed by atoms with Gasteiger partial charge in [0.05, 0.1) is 6.04 Å². The van der Waals surface area contributed by atoms with E-state index in [1.165, 1.54) is 5.56 Å². The first-order valence-electron chi connectivity index (χ1n) is 6.85. The molecular formula is C15H20N2O. The minimum Gasteiger partial charge on any atom is -0.352 e. The van der Waals surface area contributed by atoms with E-state index < -0.39 is 0 Å². The van der Waals surface area contributed by atoms with Gasteiger partial charge in [-0.1, -0.05) is 30.3 Å². The molecule has 18 heavy (non-hydrogen) atoms. The van der Waals surface area contributed by atoms with Crippen molar-refractivity contribution in [2.45, 2.75) is 50.2 Å². The lowest BCUT2D eigenvalue weighted by molar-refractivity contribution is -0.122. The lowest BCUT2D eigenvalue weighted by Crippen LogP contribution is -2.44. The summed E-state index contributed by atoms with van der Waals surface area (Å²) >= 11 is 0. The van der Waals surface area contributed by atoms with Crippen molar-refractivity contribution in [2.24, 2.45) is 0 Å². The average Bonchev–Trinajstić information content (AvgIpc) is 3.26. The SMILES string of the molecule is CC(NC1CC1c1ccccc1)C(=O)NC1CC1. The molecule has 2 saturated carbocycles. The minimum atomic E-state index is -0.0793. The third kappa shape index (κ3) is 2.72. The molecule has 1 aromatic rings. The lowest BCUT2D eigenvalue weighted by atomic mass is 10.1. The summed E-state index contributed by atoms with van der Waals surface area (Å²) in [5.41, 5.74) is 1.38. The molecule has 2 aliphatic carbocycles. The number of nitrogens with one attached hydrogen (secondary N) is 2. The van der Waals surface area contributed by atoms with Gasteiger partial charge in [0.2, 0.25) is 5.91 Å². The molecule has 3 heteroatoms. The van der Waals surface area contributed by atoms with E-state index in [2.05, 4.69) is 34.9 Å². The van der Waals surface area contributed by atoms with Gasteiger partial charge in [-0.3, -0.25) is 4.79 Å². The molecule has 3 unspecified atom stereocenters. The summed E-state index contributed by atoms with van der Waals surface area (Å²) in [7, 11) is 0. The molecule has 0 spiro atoms. The zero-order valence-electron chi connectivity index (χ0n) is 10.7. The highest BCUT2D eigenvalue weighted by atomic mass is 16.2. The largest absolute Gasteiger partial charge is 0.352 e. The number of amides is 1. The van der Waals surface area contributed by atoms with E-state index >= 15 is 0 Å². The Bertz CT molecular complexity index is 427. The van der Waals surface area contributed by atoms with Gasteiger partial charge in [-0.25, -0.2) is 0 Å². The van der Waals surface area contributed by atoms with Crippen molar-refractivity contribution < 1.29 is 4.79 Å². The third-order valence-electron chi connectivity index (χ3n) is 3.80. The van der Waals surface area contributed by atoms with Crippen LogP contribution in [0.25, 0.3) is 0 Å². The molecule has 1 amide bonds. The Kier molecular flexibility index (Phi) is 3.08. The van der Waals surface area contributed by atoms with Crippen molar-refractivity contribution in [1.82, 2.24) is 10.6 Å². The zero-order chi connectivity index (χ0) is 12.5. The fourth-order valence-electron chi connectivity index (χ4n) is 2.40. The highest BCUT2D eigenvalue weighted by Crippen LogP contribution is 2.40. The van der Waals surface area contributed by atoms with E-state index in [1.54, 1.807) is 0 Å². The molecule has 0 heterocycles. The Morgan fingerprint density at radius 2 is 2.00 bits per heavy atom. The van der Waals surface area contributed by atoms with Crippen molar-refractivity contribution in [3.8, 4) is 0 Å². The first-order valence-corrected chi connectivity index (χ1v) is 6.85. The van der Waals surface area contributed by atoms with Gasteiger partial charge in [0.1, 0.15) is 0 Å². The maximum absolute atomic E-state index is 11.8. The monoisotopic (exact) mass is 244 g/mol. The molecular weight excluding hydrogens is 224 g/mol. The molecule has 3 nitrogen and oxygen atoms in total. The van der Waals surface area contributed by atoms with Gasteiger partial charge >= 0.3 is 0 Å². The average molecular weight is 244 g/mol. The Morgan fingerprint density at radius 1 is 1.28 bits per heavy atom. The van der Waals surface area contributed by atoms with Gasteiger partial charge in [-0.05, 0) is 31.7 Å². The van der Waals surface area contributed by atoms with E-state index in [-0.39, 0.29) is 11.9 Å². The molecule has 0 bridgehead atoms. The number of hydrogen-bond acceptors (Lipinski definition) is 2. The summed E-state index contributed by atoms with van der Waals surface area (Å²) < 4.78 is 0. The Labute approximate surface area is 108 Å². The highest BCUT2D eigenvalue weighted by molar-refractivity contribution is 5.82. The summed E-state index contributed by atoms with van der Waals surface area (Å²) in [5.74, 6) is 0.735. The quantitative estimate of drug-likeness (QED) is 0.829. The Balaban J connectivity index is 1.48. The Hall–Kier alpha value is -1.35. The molecule has 0 aliphatic heterocycles. The number of benzene rings is 1. The predicted molar refractivity (Wildman–Crippen MR) is 71.4 cm³/mol. The van der Waals surface area contributed by atoms with Crippen LogP contribution in [0.5, 0.6) is 0 Å². The molecule has 2 N–H and O–H groups in total. The van der Waals surface area contributed by atoms with Crippen LogP contribution in [0.3, 0.4) is 0 Å². The molecule has 0 aromatic heterocycles. The molecule has 3 rings (SSSR count). The van der Waals surface area contributed by atoms with Crippen LogP contribution in [0.1, 0.15) is 37.7 Å². The zero-order valence-corrected chi connectivity index (χ0v) is 10.7. The van der Waals surface area contributed by atoms with Crippen LogP contribution < -0.4 is 10.6 Å². The van der Waals surface area contributed by atoms with E-state index in [0.717, 1.165) is 19.3 Å². The second kappa shape index (κ2) is 4.73. The first kappa shape index (κ1) is 11.7. The fourth-order valence-corrected chi connectivity index (χ4v) is 2.40. The highest BCUT2D eigenvalue weighted by Gasteiger charge is 2.39. The molecule has 3 atom stereocenters. The number of hydrogen-bond donors (Lipinski definition) is 2. The first-order chi connectivity index (χ1) is 8.74. The van der Waals surface area contributed by atoms with Gasteiger partial charge in [-0.15, -0.1) is 0 Å². The van der Waals surface area contributed by atoms with Crippen LogP contribution in [0.4, 0.5) is 0 Å². The van der Waals surface area contributed by atoms with Crippen molar-refractivity contribution in [3.63, 3.8) is 0 Å². The van der Waals surface area contributed by atoms with E-state index in [0.29, 0.717) is 18.0 Å². The molecule has 0 saturated heterocycles. The van der Waals surface area contributed by atoms with Crippen LogP contribution in [0.15, 0.2) is 30.3 Å². The normalized spacial score (nSPS) is 27.6.